The predicted octanol–water partition coefficient (Wildman–Crippen LogP) is 3.16. The van der Waals surface area contributed by atoms with Crippen molar-refractivity contribution < 1.29 is 4.79 Å². The SMILES string of the molecule is C[C@@H](NC(=O)N(CC1CC1)CC1CC1)c1cn(-c2ccccc2)nn1. The lowest BCUT2D eigenvalue weighted by Crippen LogP contribution is -2.43. The van der Waals surface area contributed by atoms with Gasteiger partial charge in [0.25, 0.3) is 0 Å². The molecule has 1 heterocycles. The van der Waals surface area contributed by atoms with Gasteiger partial charge in [-0.15, -0.1) is 5.10 Å². The highest BCUT2D eigenvalue weighted by Crippen LogP contribution is 2.33. The summed E-state index contributed by atoms with van der Waals surface area (Å²) in [6.07, 6.45) is 6.92. The molecular formula is C19H25N5O. The van der Waals surface area contributed by atoms with E-state index in [-0.39, 0.29) is 12.1 Å². The molecule has 0 radical (unpaired) electrons. The molecule has 0 saturated heterocycles. The minimum Gasteiger partial charge on any atom is -0.330 e. The summed E-state index contributed by atoms with van der Waals surface area (Å²) in [7, 11) is 0. The average Bonchev–Trinajstić information content (AvgIpc) is 3.55. The fourth-order valence-corrected chi connectivity index (χ4v) is 3.00. The molecular weight excluding hydrogens is 314 g/mol. The number of hydrogen-bond acceptors (Lipinski definition) is 3. The second-order valence-electron chi connectivity index (χ2n) is 7.39. The van der Waals surface area contributed by atoms with Crippen LogP contribution in [0.15, 0.2) is 36.5 Å². The van der Waals surface area contributed by atoms with Crippen LogP contribution in [-0.4, -0.2) is 39.0 Å². The summed E-state index contributed by atoms with van der Waals surface area (Å²) in [5.74, 6) is 1.41. The molecule has 2 fully saturated rings. The largest absolute Gasteiger partial charge is 0.330 e. The topological polar surface area (TPSA) is 63.1 Å². The predicted molar refractivity (Wildman–Crippen MR) is 95.3 cm³/mol. The Morgan fingerprint density at radius 2 is 1.84 bits per heavy atom. The number of rotatable bonds is 7. The Bertz CT molecular complexity index is 706. The van der Waals surface area contributed by atoms with Crippen LogP contribution in [0.3, 0.4) is 0 Å². The number of nitrogens with zero attached hydrogens (tertiary/aromatic N) is 4. The summed E-state index contributed by atoms with van der Waals surface area (Å²) in [5, 5.41) is 11.5. The first-order valence-corrected chi connectivity index (χ1v) is 9.22. The first kappa shape index (κ1) is 16.1. The Labute approximate surface area is 148 Å². The standard InChI is InChI=1S/C19H25N5O/c1-14(18-13-24(22-21-18)17-5-3-2-4-6-17)20-19(25)23(11-15-7-8-15)12-16-9-10-16/h2-6,13-16H,7-12H2,1H3,(H,20,25)/t14-/m1/s1. The molecule has 25 heavy (non-hydrogen) atoms. The second kappa shape index (κ2) is 6.86. The fraction of sp³-hybridized carbons (Fsp3) is 0.526. The monoisotopic (exact) mass is 339 g/mol. The van der Waals surface area contributed by atoms with E-state index in [2.05, 4.69) is 15.6 Å². The minimum absolute atomic E-state index is 0.0283. The molecule has 6 nitrogen and oxygen atoms in total. The van der Waals surface area contributed by atoms with Crippen LogP contribution in [0.5, 0.6) is 0 Å². The average molecular weight is 339 g/mol. The number of urea groups is 1. The lowest BCUT2D eigenvalue weighted by atomic mass is 10.2. The molecule has 2 aliphatic carbocycles. The van der Waals surface area contributed by atoms with E-state index in [1.165, 1.54) is 25.7 Å². The summed E-state index contributed by atoms with van der Waals surface area (Å²) >= 11 is 0. The molecule has 2 aliphatic rings. The zero-order valence-corrected chi connectivity index (χ0v) is 14.6. The van der Waals surface area contributed by atoms with Crippen molar-refractivity contribution in [3.05, 3.63) is 42.2 Å². The van der Waals surface area contributed by atoms with Crippen LogP contribution in [0, 0.1) is 11.8 Å². The van der Waals surface area contributed by atoms with Gasteiger partial charge < -0.3 is 10.2 Å². The van der Waals surface area contributed by atoms with Gasteiger partial charge in [-0.25, -0.2) is 9.48 Å². The number of carbonyl (C=O) groups excluding carboxylic acids is 1. The van der Waals surface area contributed by atoms with Gasteiger partial charge in [0.2, 0.25) is 0 Å². The molecule has 0 aliphatic heterocycles. The van der Waals surface area contributed by atoms with Crippen LogP contribution >= 0.6 is 0 Å². The number of hydrogen-bond donors (Lipinski definition) is 1. The van der Waals surface area contributed by atoms with E-state index in [1.807, 2.05) is 48.4 Å². The molecule has 2 saturated carbocycles. The maximum atomic E-state index is 12.7. The number of aromatic nitrogens is 3. The number of nitrogens with one attached hydrogen (secondary N) is 1. The molecule has 0 unspecified atom stereocenters. The highest BCUT2D eigenvalue weighted by molar-refractivity contribution is 5.74. The van der Waals surface area contributed by atoms with Gasteiger partial charge in [0.15, 0.2) is 0 Å². The van der Waals surface area contributed by atoms with Gasteiger partial charge in [-0.05, 0) is 56.6 Å². The Balaban J connectivity index is 1.39. The van der Waals surface area contributed by atoms with Gasteiger partial charge in [-0.1, -0.05) is 23.4 Å². The molecule has 1 atom stereocenters. The minimum atomic E-state index is -0.161. The van der Waals surface area contributed by atoms with Crippen molar-refractivity contribution in [1.29, 1.82) is 0 Å². The summed E-state index contributed by atoms with van der Waals surface area (Å²) in [5.41, 5.74) is 1.74. The van der Waals surface area contributed by atoms with Crippen LogP contribution in [0.2, 0.25) is 0 Å². The maximum Gasteiger partial charge on any atom is 0.317 e. The molecule has 0 spiro atoms. The van der Waals surface area contributed by atoms with Crippen LogP contribution < -0.4 is 5.32 Å². The molecule has 132 valence electrons. The summed E-state index contributed by atoms with van der Waals surface area (Å²) in [4.78, 5) is 14.7. The molecule has 1 N–H and O–H groups in total. The maximum absolute atomic E-state index is 12.7. The molecule has 1 aromatic carbocycles. The third-order valence-corrected chi connectivity index (χ3v) is 4.95. The van der Waals surface area contributed by atoms with Crippen molar-refractivity contribution in [2.45, 2.75) is 38.6 Å². The van der Waals surface area contributed by atoms with Crippen LogP contribution in [0.4, 0.5) is 4.79 Å². The van der Waals surface area contributed by atoms with E-state index >= 15 is 0 Å². The number of benzene rings is 1. The van der Waals surface area contributed by atoms with Crippen molar-refractivity contribution in [1.82, 2.24) is 25.2 Å². The van der Waals surface area contributed by atoms with E-state index in [0.717, 1.165) is 24.5 Å². The lowest BCUT2D eigenvalue weighted by Gasteiger charge is -2.24. The third-order valence-electron chi connectivity index (χ3n) is 4.95. The van der Waals surface area contributed by atoms with E-state index in [4.69, 9.17) is 0 Å². The molecule has 4 rings (SSSR count). The molecule has 2 amide bonds. The van der Waals surface area contributed by atoms with Gasteiger partial charge >= 0.3 is 6.03 Å². The number of carbonyl (C=O) groups is 1. The number of amides is 2. The van der Waals surface area contributed by atoms with Crippen molar-refractivity contribution >= 4 is 6.03 Å². The Morgan fingerprint density at radius 1 is 1.20 bits per heavy atom. The van der Waals surface area contributed by atoms with Crippen molar-refractivity contribution in [3.63, 3.8) is 0 Å². The molecule has 2 aromatic rings. The summed E-state index contributed by atoms with van der Waals surface area (Å²) in [6.45, 7) is 3.75. The van der Waals surface area contributed by atoms with Gasteiger partial charge in [0, 0.05) is 13.1 Å². The quantitative estimate of drug-likeness (QED) is 0.843. The normalized spacial score (nSPS) is 18.0. The highest BCUT2D eigenvalue weighted by atomic mass is 16.2. The second-order valence-corrected chi connectivity index (χ2v) is 7.39. The lowest BCUT2D eigenvalue weighted by molar-refractivity contribution is 0.189. The van der Waals surface area contributed by atoms with E-state index < -0.39 is 0 Å². The Morgan fingerprint density at radius 3 is 2.44 bits per heavy atom. The Kier molecular flexibility index (Phi) is 4.42. The summed E-state index contributed by atoms with van der Waals surface area (Å²) < 4.78 is 1.74. The van der Waals surface area contributed by atoms with Crippen LogP contribution in [-0.2, 0) is 0 Å². The van der Waals surface area contributed by atoms with Crippen molar-refractivity contribution in [2.24, 2.45) is 11.8 Å². The van der Waals surface area contributed by atoms with E-state index in [1.54, 1.807) is 4.68 Å². The highest BCUT2D eigenvalue weighted by Gasteiger charge is 2.32. The first-order valence-electron chi connectivity index (χ1n) is 9.22. The molecule has 6 heteroatoms. The van der Waals surface area contributed by atoms with E-state index in [0.29, 0.717) is 11.8 Å². The van der Waals surface area contributed by atoms with E-state index in [9.17, 15) is 4.79 Å². The van der Waals surface area contributed by atoms with Gasteiger partial charge in [0.05, 0.1) is 17.9 Å². The summed E-state index contributed by atoms with van der Waals surface area (Å²) in [6, 6.07) is 9.74. The van der Waals surface area contributed by atoms with Crippen molar-refractivity contribution in [2.75, 3.05) is 13.1 Å². The smallest absolute Gasteiger partial charge is 0.317 e. The zero-order chi connectivity index (χ0) is 17.2. The van der Waals surface area contributed by atoms with Crippen LogP contribution in [0.1, 0.15) is 44.3 Å². The van der Waals surface area contributed by atoms with Gasteiger partial charge in [0.1, 0.15) is 5.69 Å². The first-order chi connectivity index (χ1) is 12.2. The van der Waals surface area contributed by atoms with Gasteiger partial charge in [-0.2, -0.15) is 0 Å². The zero-order valence-electron chi connectivity index (χ0n) is 14.6. The third kappa shape index (κ3) is 4.18. The Hall–Kier alpha value is -2.37. The molecule has 0 bridgehead atoms. The van der Waals surface area contributed by atoms with Crippen LogP contribution in [0.25, 0.3) is 5.69 Å². The fourth-order valence-electron chi connectivity index (χ4n) is 3.00. The van der Waals surface area contributed by atoms with Gasteiger partial charge in [-0.3, -0.25) is 0 Å². The molecule has 1 aromatic heterocycles. The van der Waals surface area contributed by atoms with Crippen molar-refractivity contribution in [3.8, 4) is 5.69 Å². The number of para-hydroxylation sites is 1.